The van der Waals surface area contributed by atoms with Gasteiger partial charge in [0.05, 0.1) is 18.8 Å². The second kappa shape index (κ2) is 12.8. The lowest BCUT2D eigenvalue weighted by atomic mass is 9.89. The van der Waals surface area contributed by atoms with Crippen LogP contribution in [0.25, 0.3) is 32.8 Å². The molecule has 4 fully saturated rings. The lowest BCUT2D eigenvalue weighted by molar-refractivity contribution is -0.137. The maximum absolute atomic E-state index is 17.2. The number of aryl methyl sites for hydroxylation is 1. The average molecular weight is 698 g/mol. The Labute approximate surface area is 286 Å². The maximum atomic E-state index is 17.2. The molecule has 0 radical (unpaired) electrons. The molecule has 0 amide bonds. The van der Waals surface area contributed by atoms with Crippen LogP contribution in [0.4, 0.5) is 27.8 Å². The van der Waals surface area contributed by atoms with Crippen LogP contribution in [0.5, 0.6) is 11.8 Å². The second-order valence-electron chi connectivity index (χ2n) is 14.4. The summed E-state index contributed by atoms with van der Waals surface area (Å²) in [4.78, 5) is 13.4. The first-order valence-corrected chi connectivity index (χ1v) is 17.5. The maximum Gasteiger partial charge on any atom is 0.417 e. The van der Waals surface area contributed by atoms with Crippen molar-refractivity contribution in [2.75, 3.05) is 57.4 Å². The van der Waals surface area contributed by atoms with Crippen molar-refractivity contribution in [3.8, 4) is 22.9 Å². The first kappa shape index (κ1) is 33.3. The topological polar surface area (TPSA) is 83.0 Å². The summed E-state index contributed by atoms with van der Waals surface area (Å²) in [7, 11) is 0. The standard InChI is InChI=1S/C37H40F5N5O3/c1-2-25-29(38)7-4-21-14-24(48)15-26(30(21)25)31-28(37(40,41)42)16-27-33(32(31)39)44-35(45-34(27)47-17-22-5-6-23(18-47)43-22)50-20-36(8-9-36)19-46-10-3-12-49-13-11-46/h4,7,14-16,22-23,43,48H,2-3,5-6,8-13,17-20H2,1H3. The van der Waals surface area contributed by atoms with Gasteiger partial charge in [-0.25, -0.2) is 8.78 Å². The quantitative estimate of drug-likeness (QED) is 0.194. The first-order chi connectivity index (χ1) is 24.0. The Morgan fingerprint density at radius 2 is 1.82 bits per heavy atom. The van der Waals surface area contributed by atoms with Crippen LogP contribution in [0.3, 0.4) is 0 Å². The normalized spacial score (nSPS) is 22.3. The SMILES string of the molecule is CCc1c(F)ccc2cc(O)cc(-c3c(C(F)(F)F)cc4c(N5CC6CCC(C5)N6)nc(OCC5(CN6CCCOCC6)CC5)nc4c3F)c12. The molecule has 3 saturated heterocycles. The fraction of sp³-hybridized carbons (Fsp3) is 0.514. The fourth-order valence-electron chi connectivity index (χ4n) is 8.17. The molecule has 8 rings (SSSR count). The van der Waals surface area contributed by atoms with E-state index in [1.54, 1.807) is 6.92 Å². The number of aromatic hydroxyl groups is 1. The van der Waals surface area contributed by atoms with Crippen LogP contribution >= 0.6 is 0 Å². The van der Waals surface area contributed by atoms with Gasteiger partial charge in [-0.15, -0.1) is 0 Å². The number of hydrogen-bond acceptors (Lipinski definition) is 8. The first-order valence-electron chi connectivity index (χ1n) is 17.5. The van der Waals surface area contributed by atoms with Crippen LogP contribution in [0.15, 0.2) is 30.3 Å². The highest BCUT2D eigenvalue weighted by Gasteiger charge is 2.45. The zero-order valence-corrected chi connectivity index (χ0v) is 27.9. The van der Waals surface area contributed by atoms with Gasteiger partial charge in [-0.05, 0) is 84.7 Å². The molecule has 0 spiro atoms. The van der Waals surface area contributed by atoms with E-state index in [0.29, 0.717) is 25.1 Å². The molecule has 2 atom stereocenters. The van der Waals surface area contributed by atoms with Crippen molar-refractivity contribution >= 4 is 27.5 Å². The number of rotatable bonds is 8. The van der Waals surface area contributed by atoms with Gasteiger partial charge in [0.1, 0.15) is 22.9 Å². The molecule has 1 saturated carbocycles. The number of nitrogens with one attached hydrogen (secondary N) is 1. The van der Waals surface area contributed by atoms with Crippen LogP contribution in [0.1, 0.15) is 50.2 Å². The number of halogens is 5. The van der Waals surface area contributed by atoms with Gasteiger partial charge in [-0.1, -0.05) is 13.0 Å². The highest BCUT2D eigenvalue weighted by atomic mass is 19.4. The van der Waals surface area contributed by atoms with E-state index in [2.05, 4.69) is 15.2 Å². The van der Waals surface area contributed by atoms with Gasteiger partial charge in [0.2, 0.25) is 0 Å². The fourth-order valence-corrected chi connectivity index (χ4v) is 8.17. The molecule has 4 heterocycles. The van der Waals surface area contributed by atoms with Crippen molar-refractivity contribution in [3.05, 3.63) is 53.1 Å². The summed E-state index contributed by atoms with van der Waals surface area (Å²) in [5.41, 5.74) is -2.63. The van der Waals surface area contributed by atoms with E-state index in [1.165, 1.54) is 18.2 Å². The third-order valence-electron chi connectivity index (χ3n) is 10.8. The van der Waals surface area contributed by atoms with Gasteiger partial charge in [0.25, 0.3) is 0 Å². The summed E-state index contributed by atoms with van der Waals surface area (Å²) in [5.74, 6) is -2.04. The molecule has 13 heteroatoms. The number of piperazine rings is 1. The molecule has 8 nitrogen and oxygen atoms in total. The molecule has 1 aliphatic carbocycles. The summed E-state index contributed by atoms with van der Waals surface area (Å²) in [6.45, 7) is 6.90. The number of ether oxygens (including phenoxy) is 2. The van der Waals surface area contributed by atoms with Crippen molar-refractivity contribution in [1.29, 1.82) is 0 Å². The molecule has 2 unspecified atom stereocenters. The van der Waals surface area contributed by atoms with Gasteiger partial charge in [-0.3, -0.25) is 0 Å². The summed E-state index contributed by atoms with van der Waals surface area (Å²) < 4.78 is 89.4. The second-order valence-corrected chi connectivity index (χ2v) is 14.4. The van der Waals surface area contributed by atoms with Crippen molar-refractivity contribution in [2.24, 2.45) is 5.41 Å². The Kier molecular flexibility index (Phi) is 8.50. The molecular formula is C37H40F5N5O3. The minimum atomic E-state index is -5.01. The van der Waals surface area contributed by atoms with Crippen molar-refractivity contribution in [1.82, 2.24) is 20.2 Å². The van der Waals surface area contributed by atoms with Crippen LogP contribution in [0, 0.1) is 17.0 Å². The Hall–Kier alpha value is -3.81. The summed E-state index contributed by atoms with van der Waals surface area (Å²) in [5, 5.41) is 14.5. The zero-order chi connectivity index (χ0) is 34.8. The predicted octanol–water partition coefficient (Wildman–Crippen LogP) is 6.84. The number of benzene rings is 3. The number of nitrogens with zero attached hydrogens (tertiary/aromatic N) is 4. The molecule has 266 valence electrons. The number of hydrogen-bond donors (Lipinski definition) is 2. The van der Waals surface area contributed by atoms with E-state index in [4.69, 9.17) is 14.5 Å². The summed E-state index contributed by atoms with van der Waals surface area (Å²) >= 11 is 0. The Morgan fingerprint density at radius 1 is 1.04 bits per heavy atom. The minimum absolute atomic E-state index is 0.0794. The minimum Gasteiger partial charge on any atom is -0.508 e. The van der Waals surface area contributed by atoms with Crippen LogP contribution in [0.2, 0.25) is 0 Å². The number of alkyl halides is 3. The highest BCUT2D eigenvalue weighted by molar-refractivity contribution is 6.04. The molecule has 4 aliphatic rings. The lowest BCUT2D eigenvalue weighted by Gasteiger charge is -2.34. The number of aromatic nitrogens is 2. The average Bonchev–Trinajstić information content (AvgIpc) is 3.83. The van der Waals surface area contributed by atoms with Gasteiger partial charge in [0.15, 0.2) is 5.82 Å². The molecule has 50 heavy (non-hydrogen) atoms. The smallest absolute Gasteiger partial charge is 0.417 e. The third kappa shape index (κ3) is 6.21. The van der Waals surface area contributed by atoms with E-state index in [9.17, 15) is 5.11 Å². The van der Waals surface area contributed by atoms with Crippen molar-refractivity contribution < 1.29 is 36.5 Å². The van der Waals surface area contributed by atoms with Crippen molar-refractivity contribution in [2.45, 2.75) is 63.7 Å². The molecule has 3 aliphatic heterocycles. The van der Waals surface area contributed by atoms with Gasteiger partial charge >= 0.3 is 12.2 Å². The molecule has 2 bridgehead atoms. The zero-order valence-electron chi connectivity index (χ0n) is 27.9. The number of phenolic OH excluding ortho intramolecular Hbond substituents is 1. The Bertz CT molecular complexity index is 1930. The van der Waals surface area contributed by atoms with Crippen LogP contribution in [-0.2, 0) is 17.3 Å². The molecule has 3 aromatic carbocycles. The molecule has 2 N–H and O–H groups in total. The molecule has 4 aromatic rings. The van der Waals surface area contributed by atoms with E-state index in [-0.39, 0.29) is 75.5 Å². The molecule has 1 aromatic heterocycles. The van der Waals surface area contributed by atoms with Crippen molar-refractivity contribution in [3.63, 3.8) is 0 Å². The Morgan fingerprint density at radius 3 is 2.54 bits per heavy atom. The Balaban J connectivity index is 1.29. The highest BCUT2D eigenvalue weighted by Crippen LogP contribution is 2.49. The summed E-state index contributed by atoms with van der Waals surface area (Å²) in [6, 6.07) is 6.03. The lowest BCUT2D eigenvalue weighted by Crippen LogP contribution is -2.51. The number of anilines is 1. The molecular weight excluding hydrogens is 657 g/mol. The van der Waals surface area contributed by atoms with E-state index in [1.807, 2.05) is 4.90 Å². The largest absolute Gasteiger partial charge is 0.508 e. The van der Waals surface area contributed by atoms with Crippen LogP contribution in [-0.4, -0.2) is 84.6 Å². The van der Waals surface area contributed by atoms with Crippen LogP contribution < -0.4 is 15.0 Å². The van der Waals surface area contributed by atoms with Gasteiger partial charge in [-0.2, -0.15) is 23.1 Å². The van der Waals surface area contributed by atoms with Gasteiger partial charge in [0, 0.05) is 67.8 Å². The summed E-state index contributed by atoms with van der Waals surface area (Å²) in [6.07, 6.45) is -0.188. The number of phenols is 1. The third-order valence-corrected chi connectivity index (χ3v) is 10.8. The van der Waals surface area contributed by atoms with E-state index >= 15 is 22.0 Å². The number of fused-ring (bicyclic) bond motifs is 4. The van der Waals surface area contributed by atoms with Gasteiger partial charge < -0.3 is 29.7 Å². The van der Waals surface area contributed by atoms with E-state index < -0.39 is 28.9 Å². The predicted molar refractivity (Wildman–Crippen MR) is 180 cm³/mol. The monoisotopic (exact) mass is 697 g/mol. The van der Waals surface area contributed by atoms with E-state index in [0.717, 1.165) is 70.5 Å².